The van der Waals surface area contributed by atoms with Gasteiger partial charge in [0.05, 0.1) is 10.9 Å². The van der Waals surface area contributed by atoms with Crippen LogP contribution in [0.5, 0.6) is 0 Å². The number of aryl methyl sites for hydroxylation is 2. The molecule has 1 atom stereocenters. The van der Waals surface area contributed by atoms with E-state index in [-0.39, 0.29) is 35.9 Å². The summed E-state index contributed by atoms with van der Waals surface area (Å²) in [5.41, 5.74) is 3.98. The maximum Gasteiger partial charge on any atom is 0.243 e. The van der Waals surface area contributed by atoms with Crippen molar-refractivity contribution in [1.82, 2.24) is 9.62 Å². The van der Waals surface area contributed by atoms with Gasteiger partial charge in [0, 0.05) is 19.0 Å². The average molecular weight is 459 g/mol. The van der Waals surface area contributed by atoms with E-state index in [9.17, 15) is 17.6 Å². The molecule has 0 saturated carbocycles. The molecule has 1 aliphatic carbocycles. The lowest BCUT2D eigenvalue weighted by Gasteiger charge is -2.31. The second kappa shape index (κ2) is 9.71. The Balaban J connectivity index is 1.37. The number of halogens is 1. The number of nitrogens with one attached hydrogen (secondary N) is 1. The molecule has 1 unspecified atom stereocenters. The quantitative estimate of drug-likeness (QED) is 0.699. The molecule has 1 heterocycles. The standard InChI is InChI=1S/C25H31FN2O3S/c1-2-24(21-8-7-18-5-3-4-6-20(18)17-21)27-25(29)19-13-15-28(16-14-19)32(30,31)23-11-9-22(26)10-12-23/h7-12,17,19,24H,2-6,13-16H2,1H3,(H,27,29). The van der Waals surface area contributed by atoms with Crippen LogP contribution in [-0.2, 0) is 27.7 Å². The Kier molecular flexibility index (Phi) is 6.96. The van der Waals surface area contributed by atoms with Gasteiger partial charge in [0.25, 0.3) is 0 Å². The molecule has 0 radical (unpaired) electrons. The van der Waals surface area contributed by atoms with Crippen molar-refractivity contribution in [3.05, 3.63) is 65.0 Å². The van der Waals surface area contributed by atoms with Crippen molar-refractivity contribution in [2.24, 2.45) is 5.92 Å². The molecule has 1 N–H and O–H groups in total. The highest BCUT2D eigenvalue weighted by atomic mass is 32.2. The van der Waals surface area contributed by atoms with E-state index < -0.39 is 15.8 Å². The van der Waals surface area contributed by atoms with Gasteiger partial charge in [0.1, 0.15) is 5.82 Å². The maximum atomic E-state index is 13.1. The number of benzene rings is 2. The average Bonchev–Trinajstić information content (AvgIpc) is 2.82. The molecule has 1 aliphatic heterocycles. The van der Waals surface area contributed by atoms with Gasteiger partial charge >= 0.3 is 0 Å². The minimum Gasteiger partial charge on any atom is -0.349 e. The first-order valence-corrected chi connectivity index (χ1v) is 13.0. The number of fused-ring (bicyclic) bond motifs is 1. The van der Waals surface area contributed by atoms with Crippen molar-refractivity contribution in [3.8, 4) is 0 Å². The molecule has 1 amide bonds. The number of nitrogens with zero attached hydrogens (tertiary/aromatic N) is 1. The molecule has 5 nitrogen and oxygen atoms in total. The first-order valence-electron chi connectivity index (χ1n) is 11.6. The predicted molar refractivity (Wildman–Crippen MR) is 122 cm³/mol. The predicted octanol–water partition coefficient (Wildman–Crippen LogP) is 4.37. The van der Waals surface area contributed by atoms with E-state index in [4.69, 9.17) is 0 Å². The molecular formula is C25H31FN2O3S. The highest BCUT2D eigenvalue weighted by molar-refractivity contribution is 7.89. The molecule has 0 aromatic heterocycles. The third kappa shape index (κ3) is 4.89. The van der Waals surface area contributed by atoms with Gasteiger partial charge in [-0.1, -0.05) is 25.1 Å². The Labute approximate surface area is 190 Å². The summed E-state index contributed by atoms with van der Waals surface area (Å²) in [5.74, 6) is -0.682. The highest BCUT2D eigenvalue weighted by Crippen LogP contribution is 2.28. The van der Waals surface area contributed by atoms with E-state index in [1.807, 2.05) is 0 Å². The van der Waals surface area contributed by atoms with Gasteiger partial charge in [-0.15, -0.1) is 0 Å². The molecule has 2 aromatic carbocycles. The fraction of sp³-hybridized carbons (Fsp3) is 0.480. The van der Waals surface area contributed by atoms with Crippen LogP contribution >= 0.6 is 0 Å². The Bertz CT molecular complexity index is 1060. The topological polar surface area (TPSA) is 66.5 Å². The second-order valence-corrected chi connectivity index (χ2v) is 10.8. The minimum atomic E-state index is -3.67. The summed E-state index contributed by atoms with van der Waals surface area (Å²) in [6.45, 7) is 2.64. The van der Waals surface area contributed by atoms with Gasteiger partial charge in [-0.25, -0.2) is 12.8 Å². The summed E-state index contributed by atoms with van der Waals surface area (Å²) in [6.07, 6.45) is 6.48. The van der Waals surface area contributed by atoms with Crippen LogP contribution in [0, 0.1) is 11.7 Å². The number of hydrogen-bond acceptors (Lipinski definition) is 3. The Hall–Kier alpha value is -2.25. The third-order valence-electron chi connectivity index (χ3n) is 6.78. The summed E-state index contributed by atoms with van der Waals surface area (Å²) in [6, 6.07) is 11.4. The maximum absolute atomic E-state index is 13.1. The normalized spacial score (nSPS) is 18.7. The molecule has 172 valence electrons. The molecule has 1 saturated heterocycles. The molecule has 0 bridgehead atoms. The van der Waals surface area contributed by atoms with Crippen molar-refractivity contribution < 1.29 is 17.6 Å². The van der Waals surface area contributed by atoms with Gasteiger partial charge in [-0.05, 0) is 85.9 Å². The van der Waals surface area contributed by atoms with Gasteiger partial charge in [-0.2, -0.15) is 4.31 Å². The van der Waals surface area contributed by atoms with E-state index in [0.717, 1.165) is 37.0 Å². The van der Waals surface area contributed by atoms with Crippen molar-refractivity contribution in [1.29, 1.82) is 0 Å². The largest absolute Gasteiger partial charge is 0.349 e. The zero-order chi connectivity index (χ0) is 22.7. The van der Waals surface area contributed by atoms with Crippen LogP contribution in [0.4, 0.5) is 4.39 Å². The number of carbonyl (C=O) groups is 1. The molecule has 2 aliphatic rings. The molecule has 4 rings (SSSR count). The highest BCUT2D eigenvalue weighted by Gasteiger charge is 2.32. The fourth-order valence-electron chi connectivity index (χ4n) is 4.79. The summed E-state index contributed by atoms with van der Waals surface area (Å²) in [4.78, 5) is 13.1. The zero-order valence-electron chi connectivity index (χ0n) is 18.5. The Morgan fingerprint density at radius 3 is 2.38 bits per heavy atom. The van der Waals surface area contributed by atoms with E-state index in [0.29, 0.717) is 12.8 Å². The van der Waals surface area contributed by atoms with Gasteiger partial charge < -0.3 is 5.32 Å². The van der Waals surface area contributed by atoms with Crippen LogP contribution in [0.25, 0.3) is 0 Å². The summed E-state index contributed by atoms with van der Waals surface area (Å²) in [5, 5.41) is 3.20. The van der Waals surface area contributed by atoms with Gasteiger partial charge in [0.15, 0.2) is 0 Å². The Morgan fingerprint density at radius 2 is 1.72 bits per heavy atom. The van der Waals surface area contributed by atoms with Crippen LogP contribution in [0.1, 0.15) is 61.8 Å². The van der Waals surface area contributed by atoms with Crippen molar-refractivity contribution in [2.45, 2.75) is 62.8 Å². The number of amides is 1. The number of carbonyl (C=O) groups excluding carboxylic acids is 1. The van der Waals surface area contributed by atoms with E-state index in [1.165, 1.54) is 40.4 Å². The molecule has 0 spiro atoms. The molecular weight excluding hydrogens is 427 g/mol. The number of sulfonamides is 1. The first kappa shape index (κ1) is 22.9. The lowest BCUT2D eigenvalue weighted by atomic mass is 9.88. The molecule has 2 aromatic rings. The monoisotopic (exact) mass is 458 g/mol. The van der Waals surface area contributed by atoms with E-state index in [1.54, 1.807) is 0 Å². The lowest BCUT2D eigenvalue weighted by Crippen LogP contribution is -2.43. The first-order chi connectivity index (χ1) is 15.4. The van der Waals surface area contributed by atoms with Crippen LogP contribution in [-0.4, -0.2) is 31.7 Å². The zero-order valence-corrected chi connectivity index (χ0v) is 19.3. The van der Waals surface area contributed by atoms with Gasteiger partial charge in [0.2, 0.25) is 15.9 Å². The summed E-state index contributed by atoms with van der Waals surface area (Å²) >= 11 is 0. The third-order valence-corrected chi connectivity index (χ3v) is 8.69. The lowest BCUT2D eigenvalue weighted by molar-refractivity contribution is -0.126. The van der Waals surface area contributed by atoms with Crippen LogP contribution < -0.4 is 5.32 Å². The smallest absolute Gasteiger partial charge is 0.243 e. The van der Waals surface area contributed by atoms with E-state index >= 15 is 0 Å². The SMILES string of the molecule is CCC(NC(=O)C1CCN(S(=O)(=O)c2ccc(F)cc2)CC1)c1ccc2c(c1)CCCC2. The summed E-state index contributed by atoms with van der Waals surface area (Å²) < 4.78 is 40.1. The van der Waals surface area contributed by atoms with Crippen LogP contribution in [0.15, 0.2) is 47.4 Å². The fourth-order valence-corrected chi connectivity index (χ4v) is 6.26. The number of piperidine rings is 1. The van der Waals surface area contributed by atoms with E-state index in [2.05, 4.69) is 30.4 Å². The molecule has 7 heteroatoms. The minimum absolute atomic E-state index is 0.00611. The molecule has 32 heavy (non-hydrogen) atoms. The molecule has 1 fully saturated rings. The number of rotatable bonds is 6. The van der Waals surface area contributed by atoms with Crippen LogP contribution in [0.3, 0.4) is 0 Å². The second-order valence-electron chi connectivity index (χ2n) is 8.84. The Morgan fingerprint density at radius 1 is 1.06 bits per heavy atom. The van der Waals surface area contributed by atoms with Crippen LogP contribution in [0.2, 0.25) is 0 Å². The summed E-state index contributed by atoms with van der Waals surface area (Å²) in [7, 11) is -3.67. The number of hydrogen-bond donors (Lipinski definition) is 1. The van der Waals surface area contributed by atoms with Crippen molar-refractivity contribution in [2.75, 3.05) is 13.1 Å². The van der Waals surface area contributed by atoms with Crippen molar-refractivity contribution >= 4 is 15.9 Å². The van der Waals surface area contributed by atoms with Gasteiger partial charge in [-0.3, -0.25) is 4.79 Å². The van der Waals surface area contributed by atoms with Crippen molar-refractivity contribution in [3.63, 3.8) is 0 Å².